The molecule has 3 heterocycles. The highest BCUT2D eigenvalue weighted by molar-refractivity contribution is 7.84. The number of rotatable bonds is 4. The van der Waals surface area contributed by atoms with Gasteiger partial charge in [-0.3, -0.25) is 4.21 Å². The van der Waals surface area contributed by atoms with Crippen LogP contribution in [0.15, 0.2) is 48.0 Å². The van der Waals surface area contributed by atoms with Gasteiger partial charge in [0.1, 0.15) is 11.5 Å². The Morgan fingerprint density at radius 2 is 1.89 bits per heavy atom. The highest BCUT2D eigenvalue weighted by Crippen LogP contribution is 2.36. The van der Waals surface area contributed by atoms with Gasteiger partial charge in [0, 0.05) is 24.1 Å². The fourth-order valence-corrected chi connectivity index (χ4v) is 4.06. The maximum atomic E-state index is 14.5. The zero-order valence-corrected chi connectivity index (χ0v) is 16.7. The van der Waals surface area contributed by atoms with Crippen LogP contribution in [-0.2, 0) is 10.8 Å². The smallest absolute Gasteiger partial charge is 0.218 e. The third-order valence-corrected chi connectivity index (χ3v) is 5.85. The number of hydrogen-bond acceptors (Lipinski definition) is 5. The Morgan fingerprint density at radius 3 is 2.61 bits per heavy atom. The number of aromatic nitrogens is 4. The van der Waals surface area contributed by atoms with Gasteiger partial charge in [-0.15, -0.1) is 0 Å². The average molecular weight is 399 g/mol. The summed E-state index contributed by atoms with van der Waals surface area (Å²) in [6.45, 7) is 1.98. The summed E-state index contributed by atoms with van der Waals surface area (Å²) in [6.07, 6.45) is 6.88. The van der Waals surface area contributed by atoms with Gasteiger partial charge in [0.25, 0.3) is 0 Å². The molecule has 0 aliphatic carbocycles. The third-order valence-electron chi connectivity index (χ3n) is 5.14. The summed E-state index contributed by atoms with van der Waals surface area (Å²) >= 11 is 0. The Hall–Kier alpha value is -2.45. The molecule has 0 saturated carbocycles. The molecule has 2 aromatic heterocycles. The molecule has 28 heavy (non-hydrogen) atoms. The molecule has 146 valence electrons. The van der Waals surface area contributed by atoms with E-state index >= 15 is 0 Å². The van der Waals surface area contributed by atoms with E-state index in [1.54, 1.807) is 43.0 Å². The number of nitrogens with zero attached hydrogens (tertiary/aromatic N) is 5. The summed E-state index contributed by atoms with van der Waals surface area (Å²) in [5.41, 5.74) is 2.33. The first kappa shape index (κ1) is 18.9. The molecule has 1 aliphatic rings. The molecule has 1 unspecified atom stereocenters. The van der Waals surface area contributed by atoms with Crippen molar-refractivity contribution in [3.05, 3.63) is 48.7 Å². The first-order valence-electron chi connectivity index (χ1n) is 9.21. The Morgan fingerprint density at radius 1 is 1.14 bits per heavy atom. The van der Waals surface area contributed by atoms with E-state index in [4.69, 9.17) is 0 Å². The van der Waals surface area contributed by atoms with E-state index in [0.29, 0.717) is 17.0 Å². The number of likely N-dealkylation sites (tertiary alicyclic amines) is 1. The molecule has 8 heteroatoms. The van der Waals surface area contributed by atoms with Gasteiger partial charge in [-0.25, -0.2) is 19.3 Å². The van der Waals surface area contributed by atoms with Gasteiger partial charge >= 0.3 is 0 Å². The maximum absolute atomic E-state index is 14.5. The molecule has 0 N–H and O–H groups in total. The molecule has 1 aliphatic heterocycles. The highest BCUT2D eigenvalue weighted by Gasteiger charge is 2.25. The van der Waals surface area contributed by atoms with E-state index in [1.165, 1.54) is 6.07 Å². The van der Waals surface area contributed by atoms with Crippen LogP contribution in [0.3, 0.4) is 0 Å². The van der Waals surface area contributed by atoms with Crippen molar-refractivity contribution in [1.29, 1.82) is 0 Å². The second-order valence-electron chi connectivity index (χ2n) is 7.04. The topological polar surface area (TPSA) is 63.9 Å². The van der Waals surface area contributed by atoms with E-state index in [2.05, 4.69) is 31.5 Å². The number of halogens is 1. The average Bonchev–Trinajstić information content (AvgIpc) is 3.14. The minimum Gasteiger partial charge on any atom is -0.326 e. The van der Waals surface area contributed by atoms with Crippen molar-refractivity contribution in [2.24, 2.45) is 0 Å². The van der Waals surface area contributed by atoms with Crippen molar-refractivity contribution in [3.63, 3.8) is 0 Å². The number of imidazole rings is 1. The number of piperidine rings is 1. The van der Waals surface area contributed by atoms with Crippen LogP contribution in [0.4, 0.5) is 4.39 Å². The molecule has 1 atom stereocenters. The second-order valence-corrected chi connectivity index (χ2v) is 8.32. The quantitative estimate of drug-likeness (QED) is 0.631. The zero-order valence-electron chi connectivity index (χ0n) is 15.9. The molecule has 1 fully saturated rings. The molecule has 0 amide bonds. The zero-order chi connectivity index (χ0) is 19.7. The van der Waals surface area contributed by atoms with Crippen LogP contribution in [-0.4, -0.2) is 55.0 Å². The predicted octanol–water partition coefficient (Wildman–Crippen LogP) is 3.15. The molecule has 0 bridgehead atoms. The van der Waals surface area contributed by atoms with Crippen LogP contribution in [0.5, 0.6) is 0 Å². The molecular weight excluding hydrogens is 377 g/mol. The van der Waals surface area contributed by atoms with Crippen molar-refractivity contribution < 1.29 is 8.60 Å². The molecule has 1 saturated heterocycles. The molecular formula is C20H22FN5OS. The van der Waals surface area contributed by atoms with Gasteiger partial charge in [-0.2, -0.15) is 0 Å². The SMILES string of the molecule is CN1CCC(n2cnc(-c3ccccc3F)c2-c2ccnc(S(C)=O)n2)CC1. The van der Waals surface area contributed by atoms with Gasteiger partial charge in [-0.05, 0) is 51.2 Å². The minimum atomic E-state index is -1.31. The molecule has 0 spiro atoms. The summed E-state index contributed by atoms with van der Waals surface area (Å²) in [5, 5.41) is 0.258. The summed E-state index contributed by atoms with van der Waals surface area (Å²) < 4.78 is 28.5. The lowest BCUT2D eigenvalue weighted by Crippen LogP contribution is -2.31. The van der Waals surface area contributed by atoms with E-state index < -0.39 is 10.8 Å². The van der Waals surface area contributed by atoms with Crippen molar-refractivity contribution in [3.8, 4) is 22.6 Å². The molecule has 1 aromatic carbocycles. The van der Waals surface area contributed by atoms with E-state index in [9.17, 15) is 8.60 Å². The normalized spacial score (nSPS) is 17.0. The molecule has 4 rings (SSSR count). The predicted molar refractivity (Wildman–Crippen MR) is 107 cm³/mol. The summed E-state index contributed by atoms with van der Waals surface area (Å²) in [5.74, 6) is -0.328. The van der Waals surface area contributed by atoms with Crippen LogP contribution >= 0.6 is 0 Å². The van der Waals surface area contributed by atoms with Crippen LogP contribution < -0.4 is 0 Å². The van der Waals surface area contributed by atoms with Crippen molar-refractivity contribution in [2.75, 3.05) is 26.4 Å². The fourth-order valence-electron chi connectivity index (χ4n) is 3.63. The largest absolute Gasteiger partial charge is 0.326 e. The first-order chi connectivity index (χ1) is 13.5. The van der Waals surface area contributed by atoms with E-state index in [-0.39, 0.29) is 17.0 Å². The lowest BCUT2D eigenvalue weighted by Gasteiger charge is -2.30. The van der Waals surface area contributed by atoms with Crippen LogP contribution in [0.1, 0.15) is 18.9 Å². The monoisotopic (exact) mass is 399 g/mol. The van der Waals surface area contributed by atoms with E-state index in [1.807, 2.05) is 0 Å². The van der Waals surface area contributed by atoms with Gasteiger partial charge in [0.05, 0.1) is 28.5 Å². The summed E-state index contributed by atoms with van der Waals surface area (Å²) in [4.78, 5) is 15.5. The Bertz CT molecular complexity index is 1010. The summed E-state index contributed by atoms with van der Waals surface area (Å²) in [6, 6.07) is 8.63. The van der Waals surface area contributed by atoms with Gasteiger partial charge in [-0.1, -0.05) is 12.1 Å². The van der Waals surface area contributed by atoms with Crippen molar-refractivity contribution in [1.82, 2.24) is 24.4 Å². The van der Waals surface area contributed by atoms with Gasteiger partial charge in [0.2, 0.25) is 5.16 Å². The maximum Gasteiger partial charge on any atom is 0.218 e. The van der Waals surface area contributed by atoms with Crippen LogP contribution in [0.2, 0.25) is 0 Å². The lowest BCUT2D eigenvalue weighted by molar-refractivity contribution is 0.222. The number of benzene rings is 1. The van der Waals surface area contributed by atoms with Crippen molar-refractivity contribution in [2.45, 2.75) is 24.0 Å². The first-order valence-corrected chi connectivity index (χ1v) is 10.8. The van der Waals surface area contributed by atoms with Crippen molar-refractivity contribution >= 4 is 10.8 Å². The molecule has 3 aromatic rings. The Labute approximate surface area is 165 Å². The fraction of sp³-hybridized carbons (Fsp3) is 0.350. The van der Waals surface area contributed by atoms with Gasteiger partial charge in [0.15, 0.2) is 0 Å². The second kappa shape index (κ2) is 7.89. The minimum absolute atomic E-state index is 0.254. The Kier molecular flexibility index (Phi) is 5.32. The molecule has 0 radical (unpaired) electrons. The lowest BCUT2D eigenvalue weighted by atomic mass is 10.0. The standard InChI is InChI=1S/C20H22FN5OS/c1-25-11-8-14(9-12-25)26-13-23-18(15-5-3-4-6-16(15)21)19(26)17-7-10-22-20(24-17)28(2)27/h3-7,10,13-14H,8-9,11-12H2,1-2H3. The van der Waals surface area contributed by atoms with Crippen LogP contribution in [0, 0.1) is 5.82 Å². The number of hydrogen-bond donors (Lipinski definition) is 0. The van der Waals surface area contributed by atoms with E-state index in [0.717, 1.165) is 31.6 Å². The molecule has 6 nitrogen and oxygen atoms in total. The Balaban J connectivity index is 1.88. The van der Waals surface area contributed by atoms with Crippen LogP contribution in [0.25, 0.3) is 22.6 Å². The highest BCUT2D eigenvalue weighted by atomic mass is 32.2. The third kappa shape index (κ3) is 3.62. The van der Waals surface area contributed by atoms with Gasteiger partial charge < -0.3 is 9.47 Å². The summed E-state index contributed by atoms with van der Waals surface area (Å²) in [7, 11) is 0.809.